The molecule has 0 spiro atoms. The van der Waals surface area contributed by atoms with Crippen LogP contribution in [0, 0.1) is 5.92 Å². The summed E-state index contributed by atoms with van der Waals surface area (Å²) in [6.07, 6.45) is 6.48. The van der Waals surface area contributed by atoms with Crippen LogP contribution in [-0.2, 0) is 4.79 Å². The number of carboxylic acid groups (broad SMARTS) is 1. The molecule has 0 heterocycles. The second kappa shape index (κ2) is 5.89. The molecule has 4 nitrogen and oxygen atoms in total. The van der Waals surface area contributed by atoms with Crippen molar-refractivity contribution in [3.63, 3.8) is 0 Å². The summed E-state index contributed by atoms with van der Waals surface area (Å²) in [5.74, 6) is -0.937. The van der Waals surface area contributed by atoms with E-state index >= 15 is 0 Å². The molecule has 100 valence electrons. The lowest BCUT2D eigenvalue weighted by Crippen LogP contribution is -2.15. The Bertz CT molecular complexity index is 539. The number of carbonyl (C=O) groups is 2. The summed E-state index contributed by atoms with van der Waals surface area (Å²) in [5, 5.41) is 11.9. The number of hydrogen-bond acceptors (Lipinski definition) is 2. The maximum atomic E-state index is 11.9. The quantitative estimate of drug-likeness (QED) is 0.831. The van der Waals surface area contributed by atoms with Crippen LogP contribution in [0.5, 0.6) is 0 Å². The first-order valence-electron chi connectivity index (χ1n) is 6.05. The number of hydrogen-bond donors (Lipinski definition) is 2. The Hall–Kier alpha value is -1.81. The van der Waals surface area contributed by atoms with E-state index in [1.807, 2.05) is 6.08 Å². The fourth-order valence-electron chi connectivity index (χ4n) is 2.06. The SMILES string of the molecule is O=C(CC1C=CCC1)Nc1cc(C(=O)O)ccc1Cl. The topological polar surface area (TPSA) is 66.4 Å². The third kappa shape index (κ3) is 3.58. The van der Waals surface area contributed by atoms with Crippen molar-refractivity contribution in [2.75, 3.05) is 5.32 Å². The first kappa shape index (κ1) is 13.6. The molecular weight excluding hydrogens is 266 g/mol. The maximum absolute atomic E-state index is 11.9. The normalized spacial score (nSPS) is 17.4. The van der Waals surface area contributed by atoms with Gasteiger partial charge in [-0.25, -0.2) is 4.79 Å². The number of benzene rings is 1. The third-order valence-corrected chi connectivity index (χ3v) is 3.38. The Kier molecular flexibility index (Phi) is 4.22. The van der Waals surface area contributed by atoms with Crippen LogP contribution in [0.25, 0.3) is 0 Å². The molecule has 2 N–H and O–H groups in total. The molecule has 19 heavy (non-hydrogen) atoms. The largest absolute Gasteiger partial charge is 0.478 e. The molecule has 1 atom stereocenters. The second-order valence-corrected chi connectivity index (χ2v) is 4.92. The van der Waals surface area contributed by atoms with Gasteiger partial charge in [-0.05, 0) is 37.0 Å². The number of carboxylic acids is 1. The monoisotopic (exact) mass is 279 g/mol. The summed E-state index contributed by atoms with van der Waals surface area (Å²) < 4.78 is 0. The molecule has 1 amide bonds. The van der Waals surface area contributed by atoms with Gasteiger partial charge in [0.25, 0.3) is 0 Å². The van der Waals surface area contributed by atoms with Gasteiger partial charge in [-0.2, -0.15) is 0 Å². The Morgan fingerprint density at radius 1 is 1.42 bits per heavy atom. The zero-order valence-electron chi connectivity index (χ0n) is 10.2. The van der Waals surface area contributed by atoms with Gasteiger partial charge in [0, 0.05) is 6.42 Å². The molecule has 0 saturated carbocycles. The summed E-state index contributed by atoms with van der Waals surface area (Å²) in [7, 11) is 0. The zero-order chi connectivity index (χ0) is 13.8. The van der Waals surface area contributed by atoms with Crippen LogP contribution in [-0.4, -0.2) is 17.0 Å². The first-order chi connectivity index (χ1) is 9.06. The molecule has 1 aromatic rings. The molecule has 1 aliphatic rings. The first-order valence-corrected chi connectivity index (χ1v) is 6.43. The number of amides is 1. The molecule has 0 radical (unpaired) electrons. The summed E-state index contributed by atoms with van der Waals surface area (Å²) in [5.41, 5.74) is 0.439. The molecular formula is C14H14ClNO3. The van der Waals surface area contributed by atoms with Gasteiger partial charge in [0.05, 0.1) is 16.3 Å². The Morgan fingerprint density at radius 2 is 2.21 bits per heavy atom. The molecule has 0 bridgehead atoms. The van der Waals surface area contributed by atoms with E-state index in [9.17, 15) is 9.59 Å². The highest BCUT2D eigenvalue weighted by Gasteiger charge is 2.15. The Labute approximate surface area is 116 Å². The van der Waals surface area contributed by atoms with E-state index in [2.05, 4.69) is 11.4 Å². The van der Waals surface area contributed by atoms with Gasteiger partial charge >= 0.3 is 5.97 Å². The fourth-order valence-corrected chi connectivity index (χ4v) is 2.22. The molecule has 0 fully saturated rings. The van der Waals surface area contributed by atoms with Gasteiger partial charge in [0.2, 0.25) is 5.91 Å². The second-order valence-electron chi connectivity index (χ2n) is 4.52. The molecule has 1 aliphatic carbocycles. The van der Waals surface area contributed by atoms with Crippen molar-refractivity contribution in [2.24, 2.45) is 5.92 Å². The van der Waals surface area contributed by atoms with Crippen molar-refractivity contribution >= 4 is 29.2 Å². The summed E-state index contributed by atoms with van der Waals surface area (Å²) >= 11 is 5.94. The average molecular weight is 280 g/mol. The Morgan fingerprint density at radius 3 is 2.84 bits per heavy atom. The summed E-state index contributed by atoms with van der Waals surface area (Å²) in [6, 6.07) is 4.24. The van der Waals surface area contributed by atoms with E-state index in [4.69, 9.17) is 16.7 Å². The van der Waals surface area contributed by atoms with Crippen LogP contribution >= 0.6 is 11.6 Å². The number of rotatable bonds is 4. The van der Waals surface area contributed by atoms with Crippen molar-refractivity contribution in [1.29, 1.82) is 0 Å². The van der Waals surface area contributed by atoms with E-state index < -0.39 is 5.97 Å². The molecule has 0 aromatic heterocycles. The predicted octanol–water partition coefficient (Wildman–Crippen LogP) is 3.33. The van der Waals surface area contributed by atoms with E-state index in [0.717, 1.165) is 12.8 Å². The molecule has 2 rings (SSSR count). The molecule has 1 unspecified atom stereocenters. The number of allylic oxidation sites excluding steroid dienone is 2. The fraction of sp³-hybridized carbons (Fsp3) is 0.286. The van der Waals surface area contributed by atoms with Gasteiger partial charge in [0.1, 0.15) is 0 Å². The highest BCUT2D eigenvalue weighted by atomic mass is 35.5. The van der Waals surface area contributed by atoms with Crippen LogP contribution in [0.15, 0.2) is 30.4 Å². The van der Waals surface area contributed by atoms with Gasteiger partial charge in [-0.1, -0.05) is 23.8 Å². The Balaban J connectivity index is 2.05. The third-order valence-electron chi connectivity index (χ3n) is 3.05. The summed E-state index contributed by atoms with van der Waals surface area (Å²) in [6.45, 7) is 0. The van der Waals surface area contributed by atoms with Gasteiger partial charge in [0.15, 0.2) is 0 Å². The lowest BCUT2D eigenvalue weighted by Gasteiger charge is -2.10. The molecule has 5 heteroatoms. The van der Waals surface area contributed by atoms with E-state index in [1.54, 1.807) is 0 Å². The highest BCUT2D eigenvalue weighted by Crippen LogP contribution is 2.25. The number of halogens is 1. The van der Waals surface area contributed by atoms with Crippen LogP contribution in [0.3, 0.4) is 0 Å². The predicted molar refractivity (Wildman–Crippen MR) is 73.5 cm³/mol. The highest BCUT2D eigenvalue weighted by molar-refractivity contribution is 6.33. The molecule has 0 aliphatic heterocycles. The van der Waals surface area contributed by atoms with Crippen molar-refractivity contribution < 1.29 is 14.7 Å². The molecule has 1 aromatic carbocycles. The van der Waals surface area contributed by atoms with Crippen LogP contribution in [0.4, 0.5) is 5.69 Å². The van der Waals surface area contributed by atoms with E-state index in [1.165, 1.54) is 18.2 Å². The van der Waals surface area contributed by atoms with Crippen molar-refractivity contribution in [2.45, 2.75) is 19.3 Å². The lowest BCUT2D eigenvalue weighted by molar-refractivity contribution is -0.116. The van der Waals surface area contributed by atoms with Crippen molar-refractivity contribution in [3.05, 3.63) is 40.9 Å². The minimum atomic E-state index is -1.05. The van der Waals surface area contributed by atoms with Gasteiger partial charge in [-0.3, -0.25) is 4.79 Å². The van der Waals surface area contributed by atoms with Crippen LogP contribution in [0.1, 0.15) is 29.6 Å². The van der Waals surface area contributed by atoms with E-state index in [-0.39, 0.29) is 17.4 Å². The van der Waals surface area contributed by atoms with Gasteiger partial charge < -0.3 is 10.4 Å². The van der Waals surface area contributed by atoms with Crippen LogP contribution in [0.2, 0.25) is 5.02 Å². The van der Waals surface area contributed by atoms with Gasteiger partial charge in [-0.15, -0.1) is 0 Å². The minimum absolute atomic E-state index is 0.0977. The average Bonchev–Trinajstić information content (AvgIpc) is 2.84. The smallest absolute Gasteiger partial charge is 0.335 e. The van der Waals surface area contributed by atoms with E-state index in [0.29, 0.717) is 17.1 Å². The lowest BCUT2D eigenvalue weighted by atomic mass is 10.0. The summed E-state index contributed by atoms with van der Waals surface area (Å²) in [4.78, 5) is 22.7. The van der Waals surface area contributed by atoms with Crippen molar-refractivity contribution in [1.82, 2.24) is 0 Å². The zero-order valence-corrected chi connectivity index (χ0v) is 11.0. The van der Waals surface area contributed by atoms with Crippen LogP contribution < -0.4 is 5.32 Å². The number of aromatic carboxylic acids is 1. The number of nitrogens with one attached hydrogen (secondary N) is 1. The van der Waals surface area contributed by atoms with Crippen molar-refractivity contribution in [3.8, 4) is 0 Å². The number of carbonyl (C=O) groups excluding carboxylic acids is 1. The maximum Gasteiger partial charge on any atom is 0.335 e. The number of anilines is 1. The molecule has 0 saturated heterocycles. The minimum Gasteiger partial charge on any atom is -0.478 e. The standard InChI is InChI=1S/C14H14ClNO3/c15-11-6-5-10(14(18)19)8-12(11)16-13(17)7-9-3-1-2-4-9/h1,3,5-6,8-9H,2,4,7H2,(H,16,17)(H,18,19).